The number of rotatable bonds is 13. The third-order valence-corrected chi connectivity index (χ3v) is 3.25. The van der Waals surface area contributed by atoms with Gasteiger partial charge in [0.25, 0.3) is 0 Å². The first-order valence-corrected chi connectivity index (χ1v) is 7.63. The van der Waals surface area contributed by atoms with Crippen LogP contribution in [0.25, 0.3) is 0 Å². The lowest BCUT2D eigenvalue weighted by atomic mass is 10.1. The third kappa shape index (κ3) is 11.7. The molecule has 0 atom stereocenters. The molecule has 0 aromatic rings. The molecule has 0 bridgehead atoms. The highest BCUT2D eigenvalue weighted by molar-refractivity contribution is 5.66. The van der Waals surface area contributed by atoms with E-state index in [0.717, 1.165) is 57.8 Å². The van der Waals surface area contributed by atoms with Crippen LogP contribution in [-0.4, -0.2) is 16.0 Å². The molecular weight excluding hydrogens is 258 g/mol. The Labute approximate surface area is 121 Å². The van der Waals surface area contributed by atoms with Crippen LogP contribution in [0.3, 0.4) is 0 Å². The number of allylic oxidation sites excluding steroid dienone is 2. The summed E-state index contributed by atoms with van der Waals surface area (Å²) < 4.78 is 0. The van der Waals surface area contributed by atoms with Crippen LogP contribution < -0.4 is 0 Å². The monoisotopic (exact) mass is 285 g/mol. The first-order chi connectivity index (χ1) is 9.57. The van der Waals surface area contributed by atoms with Crippen molar-refractivity contribution in [2.45, 2.75) is 77.6 Å². The van der Waals surface area contributed by atoms with Gasteiger partial charge in [0.1, 0.15) is 0 Å². The Morgan fingerprint density at radius 1 is 1.05 bits per heavy atom. The summed E-state index contributed by atoms with van der Waals surface area (Å²) in [6, 6.07) is 0. The fourth-order valence-electron chi connectivity index (χ4n) is 2.02. The highest BCUT2D eigenvalue weighted by Gasteiger charge is 2.08. The van der Waals surface area contributed by atoms with Crippen LogP contribution in [0.4, 0.5) is 0 Å². The van der Waals surface area contributed by atoms with E-state index in [4.69, 9.17) is 5.11 Å². The Bertz CT molecular complexity index is 313. The molecule has 0 aromatic carbocycles. The fourth-order valence-corrected chi connectivity index (χ4v) is 2.02. The quantitative estimate of drug-likeness (QED) is 0.306. The maximum atomic E-state index is 10.8. The van der Waals surface area contributed by atoms with E-state index in [2.05, 4.69) is 0 Å². The Morgan fingerprint density at radius 2 is 1.65 bits per heavy atom. The first-order valence-electron chi connectivity index (χ1n) is 7.63. The smallest absolute Gasteiger partial charge is 0.303 e. The van der Waals surface area contributed by atoms with E-state index in [0.29, 0.717) is 12.1 Å². The SMILES string of the molecule is CCCCC(=CCCCCCCCCC(=O)O)[N+](=O)[O-]. The number of carbonyl (C=O) groups is 1. The number of nitro groups is 1. The molecule has 0 rings (SSSR count). The van der Waals surface area contributed by atoms with E-state index < -0.39 is 5.97 Å². The average molecular weight is 285 g/mol. The number of hydrogen-bond acceptors (Lipinski definition) is 3. The molecule has 0 heterocycles. The Kier molecular flexibility index (Phi) is 11.8. The van der Waals surface area contributed by atoms with E-state index in [1.165, 1.54) is 0 Å². The summed E-state index contributed by atoms with van der Waals surface area (Å²) >= 11 is 0. The lowest BCUT2D eigenvalue weighted by Gasteiger charge is -2.00. The fraction of sp³-hybridized carbons (Fsp3) is 0.800. The Hall–Kier alpha value is -1.39. The van der Waals surface area contributed by atoms with Crippen molar-refractivity contribution in [1.29, 1.82) is 0 Å². The Morgan fingerprint density at radius 3 is 2.20 bits per heavy atom. The highest BCUT2D eigenvalue weighted by Crippen LogP contribution is 2.13. The van der Waals surface area contributed by atoms with Crippen molar-refractivity contribution in [3.63, 3.8) is 0 Å². The van der Waals surface area contributed by atoms with Gasteiger partial charge in [0, 0.05) is 12.8 Å². The summed E-state index contributed by atoms with van der Waals surface area (Å²) in [7, 11) is 0. The molecular formula is C15H27NO4. The molecule has 0 saturated carbocycles. The summed E-state index contributed by atoms with van der Waals surface area (Å²) in [5.41, 5.74) is 0.355. The molecule has 20 heavy (non-hydrogen) atoms. The first kappa shape index (κ1) is 18.6. The van der Waals surface area contributed by atoms with Gasteiger partial charge in [0.15, 0.2) is 0 Å². The molecule has 0 radical (unpaired) electrons. The normalized spacial score (nSPS) is 11.6. The number of carboxylic acid groups (broad SMARTS) is 1. The number of unbranched alkanes of at least 4 members (excludes halogenated alkanes) is 7. The van der Waals surface area contributed by atoms with Gasteiger partial charge in [-0.1, -0.05) is 39.0 Å². The summed E-state index contributed by atoms with van der Waals surface area (Å²) in [6.45, 7) is 2.03. The number of carboxylic acids is 1. The van der Waals surface area contributed by atoms with Gasteiger partial charge in [-0.2, -0.15) is 0 Å². The van der Waals surface area contributed by atoms with E-state index in [9.17, 15) is 14.9 Å². The van der Waals surface area contributed by atoms with Crippen LogP contribution in [0.2, 0.25) is 0 Å². The van der Waals surface area contributed by atoms with Crippen LogP contribution in [0, 0.1) is 10.1 Å². The van der Waals surface area contributed by atoms with Gasteiger partial charge in [-0.3, -0.25) is 14.9 Å². The van der Waals surface area contributed by atoms with E-state index in [1.807, 2.05) is 6.92 Å². The molecule has 1 N–H and O–H groups in total. The van der Waals surface area contributed by atoms with Gasteiger partial charge >= 0.3 is 5.97 Å². The average Bonchev–Trinajstić information content (AvgIpc) is 2.39. The van der Waals surface area contributed by atoms with Crippen LogP contribution in [-0.2, 0) is 4.79 Å². The molecule has 5 nitrogen and oxygen atoms in total. The molecule has 0 saturated heterocycles. The molecule has 0 aliphatic heterocycles. The second kappa shape index (κ2) is 12.6. The van der Waals surface area contributed by atoms with Crippen molar-refractivity contribution in [2.75, 3.05) is 0 Å². The van der Waals surface area contributed by atoms with Gasteiger partial charge in [0.2, 0.25) is 5.70 Å². The van der Waals surface area contributed by atoms with Crippen molar-refractivity contribution in [3.05, 3.63) is 21.9 Å². The Balaban J connectivity index is 3.57. The minimum Gasteiger partial charge on any atom is -0.481 e. The van der Waals surface area contributed by atoms with E-state index in [1.54, 1.807) is 6.08 Å². The summed E-state index contributed by atoms with van der Waals surface area (Å²) in [4.78, 5) is 20.8. The molecule has 116 valence electrons. The van der Waals surface area contributed by atoms with Crippen LogP contribution in [0.1, 0.15) is 77.6 Å². The summed E-state index contributed by atoms with van der Waals surface area (Å²) in [5.74, 6) is -0.727. The lowest BCUT2D eigenvalue weighted by molar-refractivity contribution is -0.428. The molecule has 0 aromatic heterocycles. The molecule has 0 unspecified atom stereocenters. The number of nitrogens with zero attached hydrogens (tertiary/aromatic N) is 1. The van der Waals surface area contributed by atoms with Gasteiger partial charge in [0.05, 0.1) is 4.92 Å². The molecule has 0 aliphatic rings. The zero-order chi connectivity index (χ0) is 15.2. The minimum absolute atomic E-state index is 0.256. The lowest BCUT2D eigenvalue weighted by Crippen LogP contribution is -1.98. The van der Waals surface area contributed by atoms with Gasteiger partial charge in [-0.05, 0) is 31.8 Å². The van der Waals surface area contributed by atoms with Crippen molar-refractivity contribution in [3.8, 4) is 0 Å². The van der Waals surface area contributed by atoms with E-state index >= 15 is 0 Å². The zero-order valence-corrected chi connectivity index (χ0v) is 12.5. The number of aliphatic carboxylic acids is 1. The standard InChI is InChI=1S/C15H27NO4/c1-2-3-11-14(16(19)20)12-9-7-5-4-6-8-10-13-15(17)18/h12H,2-11,13H2,1H3,(H,17,18). The third-order valence-electron chi connectivity index (χ3n) is 3.25. The molecule has 0 amide bonds. The van der Waals surface area contributed by atoms with Crippen molar-refractivity contribution in [1.82, 2.24) is 0 Å². The predicted molar refractivity (Wildman–Crippen MR) is 79.2 cm³/mol. The zero-order valence-electron chi connectivity index (χ0n) is 12.5. The minimum atomic E-state index is -0.727. The van der Waals surface area contributed by atoms with Crippen molar-refractivity contribution in [2.24, 2.45) is 0 Å². The molecule has 0 aliphatic carbocycles. The van der Waals surface area contributed by atoms with Crippen LogP contribution >= 0.6 is 0 Å². The second-order valence-corrected chi connectivity index (χ2v) is 5.11. The van der Waals surface area contributed by atoms with Crippen LogP contribution in [0.5, 0.6) is 0 Å². The summed E-state index contributed by atoms with van der Waals surface area (Å²) in [6.07, 6.45) is 11.1. The highest BCUT2D eigenvalue weighted by atomic mass is 16.6. The van der Waals surface area contributed by atoms with Crippen molar-refractivity contribution >= 4 is 5.97 Å². The topological polar surface area (TPSA) is 80.4 Å². The van der Waals surface area contributed by atoms with Gasteiger partial charge in [-0.15, -0.1) is 0 Å². The predicted octanol–water partition coefficient (Wildman–Crippen LogP) is 4.54. The molecule has 0 spiro atoms. The maximum Gasteiger partial charge on any atom is 0.303 e. The largest absolute Gasteiger partial charge is 0.481 e. The van der Waals surface area contributed by atoms with Gasteiger partial charge in [-0.25, -0.2) is 0 Å². The molecule has 0 fully saturated rings. The maximum absolute atomic E-state index is 10.8. The van der Waals surface area contributed by atoms with Gasteiger partial charge < -0.3 is 5.11 Å². The second-order valence-electron chi connectivity index (χ2n) is 5.11. The van der Waals surface area contributed by atoms with E-state index in [-0.39, 0.29) is 11.3 Å². The van der Waals surface area contributed by atoms with Crippen LogP contribution in [0.15, 0.2) is 11.8 Å². The summed E-state index contributed by atoms with van der Waals surface area (Å²) in [5, 5.41) is 19.3. The number of hydrogen-bond donors (Lipinski definition) is 1. The van der Waals surface area contributed by atoms with Crippen molar-refractivity contribution < 1.29 is 14.8 Å². The molecule has 5 heteroatoms.